The smallest absolute Gasteiger partial charge is 0.138 e. The van der Waals surface area contributed by atoms with Crippen molar-refractivity contribution in [3.05, 3.63) is 11.6 Å². The van der Waals surface area contributed by atoms with Crippen molar-refractivity contribution in [2.75, 3.05) is 0 Å². The van der Waals surface area contributed by atoms with E-state index in [1.54, 1.807) is 5.57 Å². The molecule has 5 aliphatic carbocycles. The normalized spacial score (nSPS) is 50.5. The van der Waals surface area contributed by atoms with Crippen LogP contribution in [0.3, 0.4) is 0 Å². The summed E-state index contributed by atoms with van der Waals surface area (Å²) in [5.41, 5.74) is 2.12. The summed E-state index contributed by atoms with van der Waals surface area (Å²) in [6.45, 7) is 16.7. The van der Waals surface area contributed by atoms with Crippen molar-refractivity contribution in [2.24, 2.45) is 50.7 Å². The predicted molar refractivity (Wildman–Crippen MR) is 125 cm³/mol. The van der Waals surface area contributed by atoms with E-state index in [0.29, 0.717) is 34.7 Å². The summed E-state index contributed by atoms with van der Waals surface area (Å²) in [4.78, 5) is 26.4. The molecular weight excluding hydrogens is 380 g/mol. The molecule has 0 aliphatic heterocycles. The molecule has 0 spiro atoms. The molecule has 5 rings (SSSR count). The van der Waals surface area contributed by atoms with Crippen molar-refractivity contribution in [3.63, 3.8) is 0 Å². The monoisotopic (exact) mass is 424 g/mol. The Balaban J connectivity index is 1.59. The van der Waals surface area contributed by atoms with Crippen LogP contribution in [-0.4, -0.2) is 11.6 Å². The number of fused-ring (bicyclic) bond motifs is 7. The van der Waals surface area contributed by atoms with Gasteiger partial charge in [0, 0.05) is 29.6 Å². The van der Waals surface area contributed by atoms with Gasteiger partial charge in [-0.05, 0) is 78.9 Å². The Morgan fingerprint density at radius 3 is 2.26 bits per heavy atom. The molecule has 0 aromatic heterocycles. The van der Waals surface area contributed by atoms with Gasteiger partial charge in [-0.2, -0.15) is 0 Å². The molecule has 2 heteroatoms. The lowest BCUT2D eigenvalue weighted by Crippen LogP contribution is -2.64. The van der Waals surface area contributed by atoms with Crippen LogP contribution in [0.5, 0.6) is 0 Å². The number of carbonyl (C=O) groups excluding carboxylic acids is 2. The van der Waals surface area contributed by atoms with E-state index in [4.69, 9.17) is 0 Å². The van der Waals surface area contributed by atoms with Gasteiger partial charge in [0.1, 0.15) is 11.6 Å². The largest absolute Gasteiger partial charge is 0.299 e. The number of allylic oxidation sites excluding steroid dienone is 2. The fourth-order valence-corrected chi connectivity index (χ4v) is 9.98. The van der Waals surface area contributed by atoms with Crippen LogP contribution in [0.4, 0.5) is 0 Å². The van der Waals surface area contributed by atoms with Crippen molar-refractivity contribution in [1.82, 2.24) is 0 Å². The maximum Gasteiger partial charge on any atom is 0.138 e. The van der Waals surface area contributed by atoms with E-state index in [2.05, 4.69) is 54.5 Å². The number of hydrogen-bond donors (Lipinski definition) is 0. The molecule has 4 saturated carbocycles. The van der Waals surface area contributed by atoms with E-state index in [-0.39, 0.29) is 27.6 Å². The summed E-state index contributed by atoms with van der Waals surface area (Å²) in [6.07, 6.45) is 12.0. The minimum absolute atomic E-state index is 0.0127. The second-order valence-electron chi connectivity index (χ2n) is 14.2. The Morgan fingerprint density at radius 2 is 1.55 bits per heavy atom. The van der Waals surface area contributed by atoms with Crippen LogP contribution in [-0.2, 0) is 9.59 Å². The summed E-state index contributed by atoms with van der Waals surface area (Å²) < 4.78 is 0. The highest BCUT2D eigenvalue weighted by atomic mass is 16.1. The number of ketones is 2. The highest BCUT2D eigenvalue weighted by molar-refractivity contribution is 5.86. The van der Waals surface area contributed by atoms with Crippen molar-refractivity contribution in [2.45, 2.75) is 106 Å². The van der Waals surface area contributed by atoms with E-state index in [9.17, 15) is 9.59 Å². The molecule has 2 nitrogen and oxygen atoms in total. The van der Waals surface area contributed by atoms with Gasteiger partial charge in [-0.15, -0.1) is 0 Å². The standard InChI is InChI=1S/C29H44O2/c1-25(2)13-10-18-19(16-25)20-8-9-23-27(5)14-12-24(31)26(3,4)22(27)11-15-28(23,6)29(20,7)17-21(18)30/h8,18-19,22-23H,9-17H2,1-7H3/t18-,19-,22+,23-,27+,28-,29-/m1/s1. The first-order valence-corrected chi connectivity index (χ1v) is 13.0. The molecule has 5 aliphatic rings. The van der Waals surface area contributed by atoms with Crippen LogP contribution in [0.2, 0.25) is 0 Å². The summed E-state index contributed by atoms with van der Waals surface area (Å²) in [7, 11) is 0. The Kier molecular flexibility index (Phi) is 4.49. The first-order chi connectivity index (χ1) is 14.3. The van der Waals surface area contributed by atoms with E-state index >= 15 is 0 Å². The number of hydrogen-bond acceptors (Lipinski definition) is 2. The SMILES string of the molecule is CC1(C)CC[C@H]2C(=O)C[C@]3(C)C(=CC[C@@H]4[C@@]5(C)CCC(=O)C(C)(C)[C@@H]5CC[C@]43C)[C@@H]2C1. The molecule has 7 atom stereocenters. The van der Waals surface area contributed by atoms with E-state index in [1.807, 2.05) is 0 Å². The lowest BCUT2D eigenvalue weighted by molar-refractivity contribution is -0.182. The van der Waals surface area contributed by atoms with Crippen LogP contribution in [0.25, 0.3) is 0 Å². The Labute approximate surface area is 190 Å². The molecule has 31 heavy (non-hydrogen) atoms. The first-order valence-electron chi connectivity index (χ1n) is 13.0. The summed E-state index contributed by atoms with van der Waals surface area (Å²) >= 11 is 0. The molecule has 0 aromatic carbocycles. The Hall–Kier alpha value is -0.920. The zero-order valence-corrected chi connectivity index (χ0v) is 21.1. The molecular formula is C29H44O2. The molecule has 0 aromatic rings. The van der Waals surface area contributed by atoms with E-state index in [0.717, 1.165) is 44.9 Å². The van der Waals surface area contributed by atoms with Crippen molar-refractivity contribution in [3.8, 4) is 0 Å². The topological polar surface area (TPSA) is 34.1 Å². The maximum atomic E-state index is 13.6. The Morgan fingerprint density at radius 1 is 0.839 bits per heavy atom. The third kappa shape index (κ3) is 2.69. The van der Waals surface area contributed by atoms with Crippen LogP contribution in [0, 0.1) is 50.7 Å². The lowest BCUT2D eigenvalue weighted by atomic mass is 9.34. The average molecular weight is 425 g/mol. The van der Waals surface area contributed by atoms with Gasteiger partial charge >= 0.3 is 0 Å². The highest BCUT2D eigenvalue weighted by Gasteiger charge is 2.67. The molecule has 4 fully saturated rings. The fourth-order valence-electron chi connectivity index (χ4n) is 9.98. The minimum atomic E-state index is -0.208. The first kappa shape index (κ1) is 21.9. The second-order valence-corrected chi connectivity index (χ2v) is 14.2. The highest BCUT2D eigenvalue weighted by Crippen LogP contribution is 2.73. The van der Waals surface area contributed by atoms with Crippen molar-refractivity contribution in [1.29, 1.82) is 0 Å². The molecule has 0 unspecified atom stereocenters. The molecule has 0 bridgehead atoms. The van der Waals surface area contributed by atoms with E-state index in [1.165, 1.54) is 12.8 Å². The summed E-state index contributed by atoms with van der Waals surface area (Å²) in [6, 6.07) is 0. The van der Waals surface area contributed by atoms with E-state index < -0.39 is 0 Å². The number of carbonyl (C=O) groups is 2. The quantitative estimate of drug-likeness (QED) is 0.386. The maximum absolute atomic E-state index is 13.6. The molecule has 0 amide bonds. The number of Topliss-reactive ketones (excluding diaryl/α,β-unsaturated/α-hetero) is 2. The van der Waals surface area contributed by atoms with Gasteiger partial charge in [0.05, 0.1) is 0 Å². The molecule has 0 radical (unpaired) electrons. The van der Waals surface area contributed by atoms with Gasteiger partial charge in [-0.25, -0.2) is 0 Å². The average Bonchev–Trinajstić information content (AvgIpc) is 2.65. The lowest BCUT2D eigenvalue weighted by Gasteiger charge is -2.69. The zero-order valence-electron chi connectivity index (χ0n) is 21.1. The van der Waals surface area contributed by atoms with Gasteiger partial charge in [-0.1, -0.05) is 60.1 Å². The molecule has 0 saturated heterocycles. The summed E-state index contributed by atoms with van der Waals surface area (Å²) in [5, 5.41) is 0. The third-order valence-electron chi connectivity index (χ3n) is 12.0. The molecule has 0 N–H and O–H groups in total. The summed E-state index contributed by atoms with van der Waals surface area (Å²) in [5.74, 6) is 2.79. The number of rotatable bonds is 0. The van der Waals surface area contributed by atoms with Crippen LogP contribution >= 0.6 is 0 Å². The Bertz CT molecular complexity index is 862. The van der Waals surface area contributed by atoms with Crippen molar-refractivity contribution < 1.29 is 9.59 Å². The second kappa shape index (κ2) is 6.35. The van der Waals surface area contributed by atoms with Crippen LogP contribution < -0.4 is 0 Å². The van der Waals surface area contributed by atoms with Crippen molar-refractivity contribution >= 4 is 11.6 Å². The van der Waals surface area contributed by atoms with Crippen LogP contribution in [0.15, 0.2) is 11.6 Å². The van der Waals surface area contributed by atoms with Gasteiger partial charge in [0.25, 0.3) is 0 Å². The van der Waals surface area contributed by atoms with Gasteiger partial charge in [-0.3, -0.25) is 9.59 Å². The predicted octanol–water partition coefficient (Wildman–Crippen LogP) is 7.17. The van der Waals surface area contributed by atoms with Gasteiger partial charge < -0.3 is 0 Å². The fraction of sp³-hybridized carbons (Fsp3) is 0.862. The third-order valence-corrected chi connectivity index (χ3v) is 12.0. The van der Waals surface area contributed by atoms with Gasteiger partial charge in [0.2, 0.25) is 0 Å². The van der Waals surface area contributed by atoms with Gasteiger partial charge in [0.15, 0.2) is 0 Å². The van der Waals surface area contributed by atoms with Crippen LogP contribution in [0.1, 0.15) is 106 Å². The molecule has 172 valence electrons. The zero-order chi connectivity index (χ0) is 22.6. The minimum Gasteiger partial charge on any atom is -0.299 e. The molecule has 0 heterocycles.